The summed E-state index contributed by atoms with van der Waals surface area (Å²) < 4.78 is 1.02. The summed E-state index contributed by atoms with van der Waals surface area (Å²) in [4.78, 5) is 45.8. The normalized spacial score (nSPS) is 14.9. The number of benzene rings is 3. The molecule has 1 aliphatic rings. The Balaban J connectivity index is 1.64. The Morgan fingerprint density at radius 1 is 1.07 bits per heavy atom. The molecule has 10 heteroatoms. The van der Waals surface area contributed by atoms with Crippen molar-refractivity contribution >= 4 is 72.6 Å². The van der Waals surface area contributed by atoms with Gasteiger partial charge in [-0.15, -0.1) is 0 Å². The topological polar surface area (TPSA) is 99.1 Å². The van der Waals surface area contributed by atoms with Crippen molar-refractivity contribution in [2.75, 3.05) is 5.75 Å². The molecular formula is C33H27Br2N3O4S. The van der Waals surface area contributed by atoms with Gasteiger partial charge in [0.25, 0.3) is 11.8 Å². The minimum Gasteiger partial charge on any atom is -0.506 e. The van der Waals surface area contributed by atoms with Crippen molar-refractivity contribution in [1.82, 2.24) is 10.2 Å². The first-order chi connectivity index (χ1) is 20.7. The number of thioether (sulfide) groups is 1. The number of halogens is 2. The molecule has 1 heterocycles. The molecule has 4 rings (SSSR count). The van der Waals surface area contributed by atoms with E-state index in [1.165, 1.54) is 11.0 Å². The van der Waals surface area contributed by atoms with Crippen molar-refractivity contribution < 1.29 is 19.5 Å². The summed E-state index contributed by atoms with van der Waals surface area (Å²) in [6, 6.07) is 22.0. The van der Waals surface area contributed by atoms with E-state index in [-0.39, 0.29) is 33.7 Å². The molecule has 0 fully saturated rings. The molecule has 0 atom stereocenters. The lowest BCUT2D eigenvalue weighted by molar-refractivity contribution is -0.126. The molecule has 0 bridgehead atoms. The van der Waals surface area contributed by atoms with E-state index in [4.69, 9.17) is 0 Å². The lowest BCUT2D eigenvalue weighted by atomic mass is 9.99. The largest absolute Gasteiger partial charge is 0.506 e. The average Bonchev–Trinajstić information content (AvgIpc) is 3.01. The zero-order valence-electron chi connectivity index (χ0n) is 23.0. The molecule has 0 aliphatic carbocycles. The van der Waals surface area contributed by atoms with Crippen LogP contribution in [0.15, 0.2) is 129 Å². The highest BCUT2D eigenvalue weighted by atomic mass is 79.9. The van der Waals surface area contributed by atoms with Crippen molar-refractivity contribution in [3.05, 3.63) is 141 Å². The maximum atomic E-state index is 13.8. The van der Waals surface area contributed by atoms with Crippen LogP contribution in [0.5, 0.6) is 5.75 Å². The van der Waals surface area contributed by atoms with Gasteiger partial charge in [-0.25, -0.2) is 0 Å². The van der Waals surface area contributed by atoms with Gasteiger partial charge >= 0.3 is 0 Å². The molecule has 1 aliphatic heterocycles. The Bertz CT molecular complexity index is 1630. The third-order valence-electron chi connectivity index (χ3n) is 6.27. The summed E-state index contributed by atoms with van der Waals surface area (Å²) in [6.45, 7) is 5.43. The Labute approximate surface area is 271 Å². The zero-order valence-corrected chi connectivity index (χ0v) is 27.0. The van der Waals surface area contributed by atoms with E-state index in [2.05, 4.69) is 48.7 Å². The summed E-state index contributed by atoms with van der Waals surface area (Å²) in [5.41, 5.74) is 2.27. The number of amidine groups is 1. The summed E-state index contributed by atoms with van der Waals surface area (Å²) in [6.07, 6.45) is 7.85. The van der Waals surface area contributed by atoms with Crippen LogP contribution >= 0.6 is 43.6 Å². The number of allylic oxidation sites excluding steroid dienone is 4. The summed E-state index contributed by atoms with van der Waals surface area (Å²) in [5, 5.41) is 13.7. The summed E-state index contributed by atoms with van der Waals surface area (Å²) >= 11 is 7.61. The van der Waals surface area contributed by atoms with Crippen LogP contribution in [0.3, 0.4) is 0 Å². The molecule has 7 nitrogen and oxygen atoms in total. The highest BCUT2D eigenvalue weighted by Gasteiger charge is 2.35. The van der Waals surface area contributed by atoms with Crippen molar-refractivity contribution in [3.8, 4) is 5.75 Å². The van der Waals surface area contributed by atoms with Crippen molar-refractivity contribution in [2.45, 2.75) is 13.0 Å². The fourth-order valence-electron chi connectivity index (χ4n) is 4.24. The van der Waals surface area contributed by atoms with E-state index in [1.54, 1.807) is 43.4 Å². The maximum absolute atomic E-state index is 13.8. The number of carbonyl (C=O) groups is 3. The molecule has 0 unspecified atom stereocenters. The molecule has 0 saturated carbocycles. The van der Waals surface area contributed by atoms with E-state index < -0.39 is 17.9 Å². The molecule has 0 spiro atoms. The van der Waals surface area contributed by atoms with Crippen LogP contribution in [-0.4, -0.2) is 38.6 Å². The van der Waals surface area contributed by atoms with E-state index in [0.717, 1.165) is 22.9 Å². The monoisotopic (exact) mass is 719 g/mol. The van der Waals surface area contributed by atoms with Crippen LogP contribution in [-0.2, 0) is 14.4 Å². The van der Waals surface area contributed by atoms with Gasteiger partial charge in [0.1, 0.15) is 11.3 Å². The Morgan fingerprint density at radius 3 is 2.28 bits per heavy atom. The number of hydrogen-bond acceptors (Lipinski definition) is 5. The Morgan fingerprint density at radius 2 is 1.70 bits per heavy atom. The van der Waals surface area contributed by atoms with Crippen molar-refractivity contribution in [3.63, 3.8) is 0 Å². The second-order valence-corrected chi connectivity index (χ2v) is 11.9. The van der Waals surface area contributed by atoms with Crippen LogP contribution < -0.4 is 5.32 Å². The second kappa shape index (κ2) is 15.0. The number of nitrogens with zero attached hydrogens (tertiary/aromatic N) is 2. The number of aliphatic imine (C=N–C) groups is 1. The first-order valence-electron chi connectivity index (χ1n) is 13.1. The highest BCUT2D eigenvalue weighted by Crippen LogP contribution is 2.34. The highest BCUT2D eigenvalue weighted by molar-refractivity contribution is 9.11. The van der Waals surface area contributed by atoms with E-state index in [0.29, 0.717) is 14.6 Å². The van der Waals surface area contributed by atoms with E-state index in [1.807, 2.05) is 60.7 Å². The van der Waals surface area contributed by atoms with Crippen molar-refractivity contribution in [2.24, 2.45) is 4.99 Å². The van der Waals surface area contributed by atoms with E-state index >= 15 is 0 Å². The van der Waals surface area contributed by atoms with Gasteiger partial charge in [-0.1, -0.05) is 113 Å². The van der Waals surface area contributed by atoms with Gasteiger partial charge in [-0.05, 0) is 58.3 Å². The van der Waals surface area contributed by atoms with Crippen LogP contribution in [0.25, 0.3) is 6.08 Å². The van der Waals surface area contributed by atoms with E-state index in [9.17, 15) is 19.5 Å². The number of carbonyl (C=O) groups excluding carboxylic acids is 3. The molecule has 0 saturated heterocycles. The van der Waals surface area contributed by atoms with Gasteiger partial charge in [-0.2, -0.15) is 4.99 Å². The molecule has 3 aromatic rings. The second-order valence-electron chi connectivity index (χ2n) is 9.14. The summed E-state index contributed by atoms with van der Waals surface area (Å²) in [5.74, 6) is -1.97. The van der Waals surface area contributed by atoms with Crippen LogP contribution in [0.2, 0.25) is 0 Å². The standard InChI is InChI=1S/C33H27Br2N3O4S/c1-3-5-16-25(4-2)38-32(42)26(18-23-17-24(34)19-27(35)30(23)40)31(41)37-33(38)43-20-28(39)36-29(21-12-8-6-9-13-21)22-14-10-7-11-15-22/h3-19,29,40H,1,20H2,2H3,(H,36,39)/b16-5-,25-4+,26-18+. The van der Waals surface area contributed by atoms with Gasteiger partial charge in [0.05, 0.1) is 16.3 Å². The number of rotatable bonds is 9. The molecule has 218 valence electrons. The molecule has 43 heavy (non-hydrogen) atoms. The molecule has 0 radical (unpaired) electrons. The van der Waals surface area contributed by atoms with Gasteiger partial charge < -0.3 is 10.4 Å². The lowest BCUT2D eigenvalue weighted by Crippen LogP contribution is -2.42. The van der Waals surface area contributed by atoms with Gasteiger partial charge in [0.15, 0.2) is 5.17 Å². The molecule has 3 amide bonds. The molecule has 2 N–H and O–H groups in total. The SMILES string of the molecule is C=C/C=C\C(=C/C)N1C(=O)/C(=C/c2cc(Br)cc(Br)c2O)C(=O)N=C1SCC(=O)NC(c1ccccc1)c1ccccc1. The number of amides is 3. The van der Waals surface area contributed by atoms with Gasteiger partial charge in [-0.3, -0.25) is 19.3 Å². The summed E-state index contributed by atoms with van der Waals surface area (Å²) in [7, 11) is 0. The average molecular weight is 721 g/mol. The third-order valence-corrected chi connectivity index (χ3v) is 8.27. The zero-order chi connectivity index (χ0) is 30.9. The minimum absolute atomic E-state index is 0.0553. The van der Waals surface area contributed by atoms with Crippen LogP contribution in [0.1, 0.15) is 29.7 Å². The van der Waals surface area contributed by atoms with Crippen LogP contribution in [0.4, 0.5) is 0 Å². The fraction of sp³-hybridized carbons (Fsp3) is 0.0909. The quantitative estimate of drug-likeness (QED) is 0.137. The fourth-order valence-corrected chi connectivity index (χ4v) is 6.31. The minimum atomic E-state index is -0.783. The number of hydrogen-bond donors (Lipinski definition) is 2. The van der Waals surface area contributed by atoms with Crippen molar-refractivity contribution in [1.29, 1.82) is 0 Å². The lowest BCUT2D eigenvalue weighted by Gasteiger charge is -2.28. The maximum Gasteiger partial charge on any atom is 0.285 e. The van der Waals surface area contributed by atoms with Gasteiger partial charge in [0, 0.05) is 15.7 Å². The Kier molecular flexibility index (Phi) is 11.1. The molecular weight excluding hydrogens is 694 g/mol. The van der Waals surface area contributed by atoms with Gasteiger partial charge in [0.2, 0.25) is 5.91 Å². The molecule has 0 aromatic heterocycles. The predicted molar refractivity (Wildman–Crippen MR) is 179 cm³/mol. The number of nitrogens with one attached hydrogen (secondary N) is 1. The van der Waals surface area contributed by atoms with Crippen LogP contribution in [0, 0.1) is 0 Å². The first kappa shape index (κ1) is 31.9. The number of phenols is 1. The first-order valence-corrected chi connectivity index (χ1v) is 15.6. The third kappa shape index (κ3) is 7.90. The number of phenolic OH excluding ortho intramolecular Hbond substituents is 1. The Hall–Kier alpha value is -3.99. The predicted octanol–water partition coefficient (Wildman–Crippen LogP) is 7.31. The smallest absolute Gasteiger partial charge is 0.285 e. The molecule has 3 aromatic carbocycles. The number of aromatic hydroxyl groups is 1.